The number of halogens is 13. The number of benzene rings is 3. The largest absolute Gasteiger partial charge is 0.255 e. The molecule has 3 aromatic rings. The fraction of sp³-hybridized carbons (Fsp3) is 0.0526. The molecule has 0 nitrogen and oxygen atoms in total. The predicted molar refractivity (Wildman–Crippen MR) is 84.5 cm³/mol. The Kier molecular flexibility index (Phi) is 4.09. The van der Waals surface area contributed by atoms with Gasteiger partial charge in [0.25, 0.3) is 6.71 Å². The van der Waals surface area contributed by atoms with Gasteiger partial charge in [-0.3, -0.25) is 0 Å². The maximum Gasteiger partial charge on any atom is 0.255 e. The second kappa shape index (κ2) is 6.23. The summed E-state index contributed by atoms with van der Waals surface area (Å²) in [6.07, 6.45) is 0. The Bertz CT molecular complexity index is 1290. The summed E-state index contributed by atoms with van der Waals surface area (Å²) in [4.78, 5) is 0. The van der Waals surface area contributed by atoms with E-state index in [1.807, 2.05) is 0 Å². The zero-order chi connectivity index (χ0) is 24.5. The summed E-state index contributed by atoms with van der Waals surface area (Å²) in [5, 5.41) is 0. The van der Waals surface area contributed by atoms with E-state index < -0.39 is 115 Å². The molecule has 0 unspecified atom stereocenters. The molecular weight excluding hydrogens is 486 g/mol. The fourth-order valence-corrected chi connectivity index (χ4v) is 4.58. The highest BCUT2D eigenvalue weighted by molar-refractivity contribution is 6.97. The summed E-state index contributed by atoms with van der Waals surface area (Å²) in [6.45, 7) is -2.97. The topological polar surface area (TPSA) is 0 Å². The average molecular weight is 486 g/mol. The van der Waals surface area contributed by atoms with Crippen LogP contribution in [-0.2, 0) is 5.67 Å². The van der Waals surface area contributed by atoms with E-state index in [4.69, 9.17) is 0 Å². The molecule has 0 amide bonds. The van der Waals surface area contributed by atoms with Gasteiger partial charge < -0.3 is 0 Å². The quantitative estimate of drug-likeness (QED) is 0.197. The smallest absolute Gasteiger partial charge is 0.228 e. The minimum absolute atomic E-state index is 1.82. The normalized spacial score (nSPS) is 15.0. The van der Waals surface area contributed by atoms with Crippen molar-refractivity contribution in [2.45, 2.75) is 5.67 Å². The van der Waals surface area contributed by atoms with E-state index in [-0.39, 0.29) is 0 Å². The van der Waals surface area contributed by atoms with Gasteiger partial charge in [0.15, 0.2) is 75.5 Å². The van der Waals surface area contributed by atoms with Crippen molar-refractivity contribution in [3.05, 3.63) is 86.5 Å². The van der Waals surface area contributed by atoms with E-state index >= 15 is 4.39 Å². The molecule has 6 rings (SSSR count). The number of rotatable bonds is 0. The van der Waals surface area contributed by atoms with Crippen LogP contribution in [0.1, 0.15) is 16.7 Å². The van der Waals surface area contributed by atoms with Crippen LogP contribution in [0.5, 0.6) is 0 Å². The Morgan fingerprint density at radius 1 is 0.333 bits per heavy atom. The molecule has 0 spiro atoms. The molecule has 170 valence electrons. The lowest BCUT2D eigenvalue weighted by atomic mass is 9.27. The lowest BCUT2D eigenvalue weighted by Crippen LogP contribution is -2.71. The van der Waals surface area contributed by atoms with Crippen molar-refractivity contribution in [3.8, 4) is 0 Å². The summed E-state index contributed by atoms with van der Waals surface area (Å²) in [7, 11) is 0. The third kappa shape index (κ3) is 2.12. The van der Waals surface area contributed by atoms with Gasteiger partial charge in [-0.05, 0) is 16.4 Å². The Morgan fingerprint density at radius 3 is 0.788 bits per heavy atom. The minimum Gasteiger partial charge on any atom is -0.228 e. The van der Waals surface area contributed by atoms with Crippen molar-refractivity contribution in [3.63, 3.8) is 0 Å². The highest BCUT2D eigenvalue weighted by Gasteiger charge is 2.63. The van der Waals surface area contributed by atoms with Crippen LogP contribution in [0.2, 0.25) is 0 Å². The summed E-state index contributed by atoms with van der Waals surface area (Å²) >= 11 is 0. The maximum absolute atomic E-state index is 16.5. The molecule has 0 aromatic heterocycles. The van der Waals surface area contributed by atoms with Gasteiger partial charge in [-0.25, -0.2) is 57.1 Å². The van der Waals surface area contributed by atoms with Crippen molar-refractivity contribution >= 4 is 23.1 Å². The highest BCUT2D eigenvalue weighted by atomic mass is 19.2. The molecule has 3 aromatic carbocycles. The maximum atomic E-state index is 16.5. The fourth-order valence-electron chi connectivity index (χ4n) is 4.58. The van der Waals surface area contributed by atoms with Crippen LogP contribution in [0.15, 0.2) is 0 Å². The Balaban J connectivity index is 2.15. The van der Waals surface area contributed by atoms with Gasteiger partial charge in [0, 0.05) is 16.7 Å². The molecule has 0 N–H and O–H groups in total. The molecule has 0 radical (unpaired) electrons. The van der Waals surface area contributed by atoms with E-state index in [0.29, 0.717) is 0 Å². The molecule has 3 aliphatic heterocycles. The lowest BCUT2D eigenvalue weighted by molar-refractivity contribution is 0.238. The molecule has 33 heavy (non-hydrogen) atoms. The first-order valence-electron chi connectivity index (χ1n) is 8.57. The molecular formula is C19BF13. The average Bonchev–Trinajstić information content (AvgIpc) is 2.78. The standard InChI is InChI=1S/C19BF13/c21-7-1-4(10(24)16(30)13(7)27)20-5-2(8(22)14(28)17(31)11(5)25)19(1,33)3-6(20)12(26)18(32)15(29)9(3)23. The third-order valence-corrected chi connectivity index (χ3v) is 5.81. The molecule has 0 saturated heterocycles. The third-order valence-electron chi connectivity index (χ3n) is 5.81. The van der Waals surface area contributed by atoms with Crippen LogP contribution in [0.4, 0.5) is 57.1 Å². The second-order valence-corrected chi connectivity index (χ2v) is 7.23. The first-order chi connectivity index (χ1) is 15.3. The molecule has 3 aliphatic rings. The first kappa shape index (κ1) is 21.6. The number of hydrogen-bond donors (Lipinski definition) is 0. The van der Waals surface area contributed by atoms with Gasteiger partial charge >= 0.3 is 0 Å². The number of alkyl halides is 1. The second-order valence-electron chi connectivity index (χ2n) is 7.23. The first-order valence-corrected chi connectivity index (χ1v) is 8.57. The molecule has 2 bridgehead atoms. The zero-order valence-corrected chi connectivity index (χ0v) is 15.0. The highest BCUT2D eigenvalue weighted by Crippen LogP contribution is 2.50. The van der Waals surface area contributed by atoms with Crippen molar-refractivity contribution in [2.24, 2.45) is 0 Å². The van der Waals surface area contributed by atoms with Crippen LogP contribution in [0.3, 0.4) is 0 Å². The summed E-state index contributed by atoms with van der Waals surface area (Å²) in [6, 6.07) is 0. The Morgan fingerprint density at radius 2 is 0.545 bits per heavy atom. The van der Waals surface area contributed by atoms with Crippen molar-refractivity contribution in [1.82, 2.24) is 0 Å². The van der Waals surface area contributed by atoms with Gasteiger partial charge in [0.2, 0.25) is 0 Å². The van der Waals surface area contributed by atoms with Crippen LogP contribution in [0.25, 0.3) is 0 Å². The number of hydrogen-bond acceptors (Lipinski definition) is 0. The summed E-state index contributed by atoms with van der Waals surface area (Å²) < 4.78 is 188. The molecule has 0 saturated carbocycles. The molecule has 0 aliphatic carbocycles. The Labute approximate surface area is 173 Å². The Hall–Kier alpha value is -3.19. The summed E-state index contributed by atoms with van der Waals surface area (Å²) in [5.74, 6) is -31.8. The van der Waals surface area contributed by atoms with Gasteiger partial charge in [-0.1, -0.05) is 0 Å². The summed E-state index contributed by atoms with van der Waals surface area (Å²) in [5.41, 5.74) is -16.5. The van der Waals surface area contributed by atoms with Gasteiger partial charge in [-0.2, -0.15) is 0 Å². The van der Waals surface area contributed by atoms with Crippen molar-refractivity contribution in [1.29, 1.82) is 0 Å². The van der Waals surface area contributed by atoms with Crippen LogP contribution >= 0.6 is 0 Å². The zero-order valence-electron chi connectivity index (χ0n) is 15.0. The molecule has 14 heteroatoms. The van der Waals surface area contributed by atoms with Gasteiger partial charge in [0.05, 0.1) is 0 Å². The van der Waals surface area contributed by atoms with Crippen LogP contribution < -0.4 is 16.4 Å². The predicted octanol–water partition coefficient (Wildman–Crippen LogP) is 3.76. The van der Waals surface area contributed by atoms with Crippen molar-refractivity contribution < 1.29 is 57.1 Å². The van der Waals surface area contributed by atoms with Gasteiger partial charge in [0.1, 0.15) is 0 Å². The van der Waals surface area contributed by atoms with Gasteiger partial charge in [-0.15, -0.1) is 0 Å². The van der Waals surface area contributed by atoms with E-state index in [0.717, 1.165) is 0 Å². The SMILES string of the molecule is Fc1c(F)c(F)c2c(c1F)B1c3c(F)c(F)c(F)c(F)c3C2(F)c2c(F)c(F)c(F)c(F)c21. The van der Waals surface area contributed by atoms with E-state index in [9.17, 15) is 52.7 Å². The van der Waals surface area contributed by atoms with E-state index in [1.165, 1.54) is 0 Å². The van der Waals surface area contributed by atoms with E-state index in [2.05, 4.69) is 0 Å². The monoisotopic (exact) mass is 486 g/mol. The molecule has 0 fully saturated rings. The van der Waals surface area contributed by atoms with Crippen LogP contribution in [-0.4, -0.2) is 6.71 Å². The lowest BCUT2D eigenvalue weighted by Gasteiger charge is -2.45. The van der Waals surface area contributed by atoms with Crippen LogP contribution in [0, 0.1) is 69.8 Å². The van der Waals surface area contributed by atoms with Crippen molar-refractivity contribution in [2.75, 3.05) is 0 Å². The minimum atomic E-state index is -4.69. The molecule has 3 heterocycles. The molecule has 0 atom stereocenters. The van der Waals surface area contributed by atoms with E-state index in [1.54, 1.807) is 0 Å².